The molecule has 5 heteroatoms. The van der Waals surface area contributed by atoms with Gasteiger partial charge >= 0.3 is 0 Å². The van der Waals surface area contributed by atoms with Crippen molar-refractivity contribution in [2.24, 2.45) is 0 Å². The Morgan fingerprint density at radius 3 is 2.41 bits per heavy atom. The van der Waals surface area contributed by atoms with Gasteiger partial charge < -0.3 is 15.2 Å². The van der Waals surface area contributed by atoms with E-state index in [4.69, 9.17) is 0 Å². The first-order valence-corrected chi connectivity index (χ1v) is 10.5. The first kappa shape index (κ1) is 18.4. The number of aromatic nitrogens is 2. The summed E-state index contributed by atoms with van der Waals surface area (Å²) in [7, 11) is 0. The maximum absolute atomic E-state index is 12.8. The van der Waals surface area contributed by atoms with Gasteiger partial charge in [0.1, 0.15) is 0 Å². The minimum absolute atomic E-state index is 0.111. The van der Waals surface area contributed by atoms with Crippen molar-refractivity contribution in [3.8, 4) is 11.1 Å². The van der Waals surface area contributed by atoms with E-state index in [1.807, 2.05) is 60.9 Å². The van der Waals surface area contributed by atoms with Crippen LogP contribution in [0.3, 0.4) is 0 Å². The van der Waals surface area contributed by atoms with E-state index in [2.05, 4.69) is 56.7 Å². The zero-order chi connectivity index (χ0) is 21.5. The van der Waals surface area contributed by atoms with Gasteiger partial charge in [0.2, 0.25) is 0 Å². The van der Waals surface area contributed by atoms with Gasteiger partial charge in [0.25, 0.3) is 5.91 Å². The molecule has 2 N–H and O–H groups in total. The van der Waals surface area contributed by atoms with E-state index in [0.717, 1.165) is 45.6 Å². The number of nitrogens with zero attached hydrogens (tertiary/aromatic N) is 2. The van der Waals surface area contributed by atoms with Gasteiger partial charge in [-0.05, 0) is 41.5 Å². The molecule has 5 nitrogen and oxygen atoms in total. The number of pyridine rings is 1. The summed E-state index contributed by atoms with van der Waals surface area (Å²) >= 11 is 0. The fraction of sp³-hybridized carbons (Fsp3) is 0.0370. The molecule has 0 atom stereocenters. The highest BCUT2D eigenvalue weighted by atomic mass is 16.1. The predicted molar refractivity (Wildman–Crippen MR) is 128 cm³/mol. The highest BCUT2D eigenvalue weighted by Crippen LogP contribution is 2.37. The van der Waals surface area contributed by atoms with Crippen molar-refractivity contribution >= 4 is 33.9 Å². The van der Waals surface area contributed by atoms with Crippen LogP contribution in [0.15, 0.2) is 97.5 Å². The Hall–Kier alpha value is -4.38. The molecule has 3 aromatic carbocycles. The molecule has 0 aliphatic carbocycles. The van der Waals surface area contributed by atoms with Gasteiger partial charge in [-0.2, -0.15) is 0 Å². The van der Waals surface area contributed by atoms with Gasteiger partial charge in [-0.3, -0.25) is 9.78 Å². The van der Waals surface area contributed by atoms with Crippen LogP contribution in [-0.4, -0.2) is 15.5 Å². The van der Waals surface area contributed by atoms with Crippen LogP contribution in [-0.2, 0) is 6.54 Å². The number of fused-ring (bicyclic) bond motifs is 3. The molecule has 0 spiro atoms. The van der Waals surface area contributed by atoms with Gasteiger partial charge in [-0.15, -0.1) is 0 Å². The average Bonchev–Trinajstić information content (AvgIpc) is 3.12. The van der Waals surface area contributed by atoms with Crippen LogP contribution >= 0.6 is 0 Å². The highest BCUT2D eigenvalue weighted by Gasteiger charge is 2.20. The number of amides is 1. The predicted octanol–water partition coefficient (Wildman–Crippen LogP) is 6.06. The fourth-order valence-corrected chi connectivity index (χ4v) is 4.33. The third kappa shape index (κ3) is 3.11. The summed E-state index contributed by atoms with van der Waals surface area (Å²) in [6, 6.07) is 26.1. The Bertz CT molecular complexity index is 1470. The number of rotatable bonds is 3. The van der Waals surface area contributed by atoms with Crippen molar-refractivity contribution in [1.82, 2.24) is 9.55 Å². The van der Waals surface area contributed by atoms with Gasteiger partial charge in [0, 0.05) is 29.9 Å². The van der Waals surface area contributed by atoms with E-state index in [0.29, 0.717) is 5.56 Å². The molecule has 32 heavy (non-hydrogen) atoms. The molecule has 1 amide bonds. The molecule has 0 saturated heterocycles. The zero-order valence-corrected chi connectivity index (χ0v) is 17.2. The first-order valence-electron chi connectivity index (χ1n) is 10.5. The monoisotopic (exact) mass is 416 g/mol. The third-order valence-electron chi connectivity index (χ3n) is 5.90. The summed E-state index contributed by atoms with van der Waals surface area (Å²) in [4.78, 5) is 17.1. The Balaban J connectivity index is 1.47. The lowest BCUT2D eigenvalue weighted by molar-refractivity contribution is 0.102. The lowest BCUT2D eigenvalue weighted by Crippen LogP contribution is -2.10. The van der Waals surface area contributed by atoms with Crippen LogP contribution in [0.1, 0.15) is 15.9 Å². The van der Waals surface area contributed by atoms with Crippen molar-refractivity contribution in [2.45, 2.75) is 6.54 Å². The summed E-state index contributed by atoms with van der Waals surface area (Å²) in [6.07, 6.45) is 5.91. The lowest BCUT2D eigenvalue weighted by Gasteiger charge is -2.10. The number of carbonyl (C=O) groups excluding carboxylic acids is 1. The molecule has 0 bridgehead atoms. The van der Waals surface area contributed by atoms with E-state index < -0.39 is 0 Å². The fourth-order valence-electron chi connectivity index (χ4n) is 4.33. The Kier molecular flexibility index (Phi) is 4.25. The summed E-state index contributed by atoms with van der Waals surface area (Å²) in [6.45, 7) is 0.766. The highest BCUT2D eigenvalue weighted by molar-refractivity contribution is 6.12. The topological polar surface area (TPSA) is 59.0 Å². The zero-order valence-electron chi connectivity index (χ0n) is 17.2. The molecule has 0 saturated carbocycles. The number of carbonyl (C=O) groups is 1. The van der Waals surface area contributed by atoms with Gasteiger partial charge in [-0.25, -0.2) is 0 Å². The molecule has 0 fully saturated rings. The van der Waals surface area contributed by atoms with Crippen LogP contribution in [0.25, 0.3) is 22.0 Å². The van der Waals surface area contributed by atoms with Crippen LogP contribution in [0.5, 0.6) is 0 Å². The average molecular weight is 416 g/mol. The summed E-state index contributed by atoms with van der Waals surface area (Å²) < 4.78 is 2.23. The van der Waals surface area contributed by atoms with Crippen molar-refractivity contribution in [3.63, 3.8) is 0 Å². The van der Waals surface area contributed by atoms with Gasteiger partial charge in [0.15, 0.2) is 0 Å². The van der Waals surface area contributed by atoms with E-state index >= 15 is 0 Å². The number of benzene rings is 3. The van der Waals surface area contributed by atoms with E-state index in [9.17, 15) is 4.79 Å². The SMILES string of the molecule is O=C1Nc2ccccc2Nc2cc(-c3cn(Cc4ccccc4)c4cnccc34)ccc21. The molecule has 1 aliphatic rings. The molecule has 1 aliphatic heterocycles. The number of hydrogen-bond donors (Lipinski definition) is 2. The molecular formula is C27H20N4O. The second-order valence-corrected chi connectivity index (χ2v) is 7.93. The van der Waals surface area contributed by atoms with Crippen molar-refractivity contribution in [1.29, 1.82) is 0 Å². The van der Waals surface area contributed by atoms with Gasteiger partial charge in [-0.1, -0.05) is 48.5 Å². The molecule has 0 unspecified atom stereocenters. The molecule has 5 aromatic rings. The smallest absolute Gasteiger partial charge is 0.257 e. The maximum atomic E-state index is 12.8. The quantitative estimate of drug-likeness (QED) is 0.376. The van der Waals surface area contributed by atoms with Crippen molar-refractivity contribution in [3.05, 3.63) is 109 Å². The molecule has 2 aromatic heterocycles. The van der Waals surface area contributed by atoms with Crippen LogP contribution in [0.2, 0.25) is 0 Å². The van der Waals surface area contributed by atoms with E-state index in [1.165, 1.54) is 5.56 Å². The molecule has 6 rings (SSSR count). The second-order valence-electron chi connectivity index (χ2n) is 7.93. The molecule has 3 heterocycles. The molecule has 154 valence electrons. The summed E-state index contributed by atoms with van der Waals surface area (Å²) in [5, 5.41) is 7.55. The third-order valence-corrected chi connectivity index (χ3v) is 5.90. The normalized spacial score (nSPS) is 12.4. The van der Waals surface area contributed by atoms with Crippen LogP contribution in [0.4, 0.5) is 17.1 Å². The standard InChI is InChI=1S/C27H20N4O/c32-27-21-11-10-19(14-25(21)29-23-8-4-5-9-24(23)30-27)22-17-31(16-18-6-2-1-3-7-18)26-15-28-13-12-20(22)26/h1-15,17,29H,16H2,(H,30,32). The van der Waals surface area contributed by atoms with Crippen LogP contribution < -0.4 is 10.6 Å². The minimum atomic E-state index is -0.111. The van der Waals surface area contributed by atoms with E-state index in [-0.39, 0.29) is 5.91 Å². The van der Waals surface area contributed by atoms with Crippen molar-refractivity contribution in [2.75, 3.05) is 10.6 Å². The minimum Gasteiger partial charge on any atom is -0.353 e. The van der Waals surface area contributed by atoms with Gasteiger partial charge in [0.05, 0.1) is 34.3 Å². The number of nitrogens with one attached hydrogen (secondary N) is 2. The number of anilines is 3. The summed E-state index contributed by atoms with van der Waals surface area (Å²) in [5.74, 6) is -0.111. The number of para-hydroxylation sites is 2. The maximum Gasteiger partial charge on any atom is 0.257 e. The van der Waals surface area contributed by atoms with Crippen LogP contribution in [0, 0.1) is 0 Å². The Morgan fingerprint density at radius 1 is 0.781 bits per heavy atom. The Morgan fingerprint density at radius 2 is 1.56 bits per heavy atom. The first-order chi connectivity index (χ1) is 15.8. The Labute approximate surface area is 185 Å². The number of hydrogen-bond acceptors (Lipinski definition) is 3. The second kappa shape index (κ2) is 7.39. The molecular weight excluding hydrogens is 396 g/mol. The lowest BCUT2D eigenvalue weighted by atomic mass is 10.0. The largest absolute Gasteiger partial charge is 0.353 e. The van der Waals surface area contributed by atoms with E-state index in [1.54, 1.807) is 0 Å². The van der Waals surface area contributed by atoms with Crippen molar-refractivity contribution < 1.29 is 4.79 Å². The molecule has 0 radical (unpaired) electrons. The summed E-state index contributed by atoms with van der Waals surface area (Å²) in [5.41, 5.74) is 7.55.